The van der Waals surface area contributed by atoms with Crippen LogP contribution in [0.5, 0.6) is 0 Å². The molecule has 0 aromatic heterocycles. The SMILES string of the molecule is [2H]c1c([2H])c(N(c2ccc(-c3cc4ccccc4c4ccccc34)cc2)c2c([2H])c([2H])c(-c3c(-c4ccccc4)ccc4ccccc34)c([2H])c2[2H])c([2H])c([2H])c1-c1ccc(-c2cccc3ccccc23)cc1. The molecule has 12 aromatic carbocycles. The van der Waals surface area contributed by atoms with Gasteiger partial charge in [-0.25, -0.2) is 0 Å². The molecular formula is C64H43N. The van der Waals surface area contributed by atoms with Crippen LogP contribution in [0.3, 0.4) is 0 Å². The molecule has 0 saturated heterocycles. The van der Waals surface area contributed by atoms with Gasteiger partial charge in [0.1, 0.15) is 0 Å². The van der Waals surface area contributed by atoms with E-state index in [4.69, 9.17) is 0 Å². The van der Waals surface area contributed by atoms with Crippen LogP contribution in [-0.4, -0.2) is 0 Å². The van der Waals surface area contributed by atoms with E-state index in [1.165, 1.54) is 4.90 Å². The Hall–Kier alpha value is -8.52. The van der Waals surface area contributed by atoms with Gasteiger partial charge in [-0.3, -0.25) is 0 Å². The highest BCUT2D eigenvalue weighted by atomic mass is 15.1. The van der Waals surface area contributed by atoms with Gasteiger partial charge in [-0.1, -0.05) is 218 Å². The van der Waals surface area contributed by atoms with Gasteiger partial charge in [0.2, 0.25) is 0 Å². The average molecular weight is 834 g/mol. The molecule has 0 saturated carbocycles. The first-order valence-electron chi connectivity index (χ1n) is 25.8. The Morgan fingerprint density at radius 3 is 1.45 bits per heavy atom. The highest BCUT2D eigenvalue weighted by molar-refractivity contribution is 6.14. The normalized spacial score (nSPS) is 13.1. The van der Waals surface area contributed by atoms with Crippen molar-refractivity contribution in [1.29, 1.82) is 0 Å². The number of hydrogen-bond acceptors (Lipinski definition) is 1. The van der Waals surface area contributed by atoms with Crippen molar-refractivity contribution in [1.82, 2.24) is 0 Å². The van der Waals surface area contributed by atoms with Gasteiger partial charge < -0.3 is 4.90 Å². The molecule has 0 aliphatic heterocycles. The minimum atomic E-state index is -0.405. The highest BCUT2D eigenvalue weighted by Crippen LogP contribution is 2.43. The summed E-state index contributed by atoms with van der Waals surface area (Å²) < 4.78 is 78.1. The van der Waals surface area contributed by atoms with Crippen molar-refractivity contribution in [3.8, 4) is 55.6 Å². The van der Waals surface area contributed by atoms with E-state index in [1.807, 2.05) is 146 Å². The average Bonchev–Trinajstić information content (AvgIpc) is 3.44. The summed E-state index contributed by atoms with van der Waals surface area (Å²) in [5.74, 6) is 0. The Kier molecular flexibility index (Phi) is 7.66. The molecule has 1 nitrogen and oxygen atoms in total. The van der Waals surface area contributed by atoms with Gasteiger partial charge in [0.25, 0.3) is 0 Å². The molecular weight excluding hydrogens is 783 g/mol. The van der Waals surface area contributed by atoms with Gasteiger partial charge in [-0.15, -0.1) is 0 Å². The molecule has 0 N–H and O–H groups in total. The summed E-state index contributed by atoms with van der Waals surface area (Å²) >= 11 is 0. The Morgan fingerprint density at radius 2 is 0.738 bits per heavy atom. The highest BCUT2D eigenvalue weighted by Gasteiger charge is 2.17. The third-order valence-electron chi connectivity index (χ3n) is 12.4. The van der Waals surface area contributed by atoms with Crippen LogP contribution in [0.2, 0.25) is 0 Å². The fourth-order valence-electron chi connectivity index (χ4n) is 9.25. The number of fused-ring (bicyclic) bond motifs is 5. The quantitative estimate of drug-likeness (QED) is 0.138. The van der Waals surface area contributed by atoms with Crippen LogP contribution in [0.25, 0.3) is 98.7 Å². The molecule has 12 aromatic rings. The van der Waals surface area contributed by atoms with Crippen molar-refractivity contribution in [3.05, 3.63) is 261 Å². The fraction of sp³-hybridized carbons (Fsp3) is 0. The van der Waals surface area contributed by atoms with Crippen molar-refractivity contribution in [2.75, 3.05) is 4.90 Å². The second-order valence-electron chi connectivity index (χ2n) is 16.2. The summed E-state index contributed by atoms with van der Waals surface area (Å²) in [6, 6.07) is 66.2. The van der Waals surface area contributed by atoms with Crippen LogP contribution in [0.4, 0.5) is 17.1 Å². The summed E-state index contributed by atoms with van der Waals surface area (Å²) in [5.41, 5.74) is 6.53. The van der Waals surface area contributed by atoms with Crippen LogP contribution in [0.15, 0.2) is 261 Å². The summed E-state index contributed by atoms with van der Waals surface area (Å²) in [5, 5.41) is 8.15. The van der Waals surface area contributed by atoms with Gasteiger partial charge in [0, 0.05) is 17.1 Å². The van der Waals surface area contributed by atoms with Crippen molar-refractivity contribution in [2.45, 2.75) is 0 Å². The molecule has 0 unspecified atom stereocenters. The first-order chi connectivity index (χ1) is 35.6. The molecule has 0 amide bonds. The van der Waals surface area contributed by atoms with Crippen LogP contribution in [-0.2, 0) is 0 Å². The van der Waals surface area contributed by atoms with Crippen LogP contribution in [0, 0.1) is 0 Å². The van der Waals surface area contributed by atoms with Crippen LogP contribution in [0.1, 0.15) is 11.0 Å². The molecule has 0 aliphatic carbocycles. The molecule has 304 valence electrons. The lowest BCUT2D eigenvalue weighted by Gasteiger charge is -2.26. The van der Waals surface area contributed by atoms with Gasteiger partial charge >= 0.3 is 0 Å². The molecule has 0 spiro atoms. The van der Waals surface area contributed by atoms with E-state index < -0.39 is 24.2 Å². The van der Waals surface area contributed by atoms with E-state index in [0.29, 0.717) is 16.8 Å². The minimum Gasteiger partial charge on any atom is -0.311 e. The molecule has 0 radical (unpaired) electrons. The molecule has 0 aliphatic rings. The lowest BCUT2D eigenvalue weighted by molar-refractivity contribution is 1.28. The predicted octanol–water partition coefficient (Wildman–Crippen LogP) is 18.1. The van der Waals surface area contributed by atoms with Gasteiger partial charge in [-0.05, 0) is 141 Å². The zero-order valence-electron chi connectivity index (χ0n) is 43.2. The first kappa shape index (κ1) is 30.5. The third kappa shape index (κ3) is 7.01. The van der Waals surface area contributed by atoms with E-state index in [9.17, 15) is 11.0 Å². The molecule has 65 heavy (non-hydrogen) atoms. The van der Waals surface area contributed by atoms with E-state index >= 15 is 0 Å². The first-order valence-corrected chi connectivity index (χ1v) is 21.8. The van der Waals surface area contributed by atoms with Gasteiger partial charge in [0.05, 0.1) is 11.0 Å². The van der Waals surface area contributed by atoms with Gasteiger partial charge in [0.15, 0.2) is 0 Å². The Balaban J connectivity index is 1.06. The third-order valence-corrected chi connectivity index (χ3v) is 12.4. The monoisotopic (exact) mass is 833 g/mol. The second-order valence-corrected chi connectivity index (χ2v) is 16.2. The lowest BCUT2D eigenvalue weighted by Crippen LogP contribution is -2.09. The standard InChI is InChI=1S/C64H43N/c1-2-13-47(14-3-1)60-42-35-48-16-5-9-21-59(48)64(60)51-33-40-55(41-34-51)65(54-38-31-50(32-39-54)63-43-52-17-6-8-20-58(52)61-22-10-11-23-62(61)63)53-36-29-45(30-37-53)44-25-27-49(28-26-44)57-24-12-18-46-15-4-7-19-56(46)57/h1-43H/i29D,30D,33D,34D,36D,37D,40D,41D. The summed E-state index contributed by atoms with van der Waals surface area (Å²) in [4.78, 5) is 1.38. The molecule has 1 heteroatoms. The number of hydrogen-bond donors (Lipinski definition) is 0. The second kappa shape index (κ2) is 16.3. The molecule has 0 atom stereocenters. The number of anilines is 3. The summed E-state index contributed by atoms with van der Waals surface area (Å²) in [6.07, 6.45) is 0. The van der Waals surface area contributed by atoms with Crippen molar-refractivity contribution in [3.63, 3.8) is 0 Å². The number of benzene rings is 12. The Morgan fingerprint density at radius 1 is 0.246 bits per heavy atom. The maximum atomic E-state index is 9.90. The predicted molar refractivity (Wildman–Crippen MR) is 278 cm³/mol. The maximum Gasteiger partial charge on any atom is 0.0645 e. The number of nitrogens with zero attached hydrogens (tertiary/aromatic N) is 1. The van der Waals surface area contributed by atoms with Crippen LogP contribution < -0.4 is 4.90 Å². The molecule has 0 bridgehead atoms. The Labute approximate surface area is 391 Å². The van der Waals surface area contributed by atoms with Crippen molar-refractivity contribution in [2.24, 2.45) is 0 Å². The van der Waals surface area contributed by atoms with E-state index in [-0.39, 0.29) is 46.7 Å². The largest absolute Gasteiger partial charge is 0.311 e. The van der Waals surface area contributed by atoms with E-state index in [1.54, 1.807) is 12.1 Å². The topological polar surface area (TPSA) is 3.24 Å². The zero-order valence-corrected chi connectivity index (χ0v) is 35.2. The van der Waals surface area contributed by atoms with Crippen molar-refractivity contribution < 1.29 is 11.0 Å². The summed E-state index contributed by atoms with van der Waals surface area (Å²) in [6.45, 7) is 0. The van der Waals surface area contributed by atoms with E-state index in [2.05, 4.69) is 54.6 Å². The van der Waals surface area contributed by atoms with E-state index in [0.717, 1.165) is 76.5 Å². The molecule has 12 rings (SSSR count). The molecule has 0 heterocycles. The Bertz CT molecular complexity index is 4110. The smallest absolute Gasteiger partial charge is 0.0645 e. The summed E-state index contributed by atoms with van der Waals surface area (Å²) in [7, 11) is 0. The molecule has 0 fully saturated rings. The fourth-order valence-corrected chi connectivity index (χ4v) is 9.25. The maximum absolute atomic E-state index is 9.90. The lowest BCUT2D eigenvalue weighted by atomic mass is 9.89. The van der Waals surface area contributed by atoms with Gasteiger partial charge in [-0.2, -0.15) is 0 Å². The zero-order chi connectivity index (χ0) is 50.1. The van der Waals surface area contributed by atoms with Crippen LogP contribution >= 0.6 is 0 Å². The minimum absolute atomic E-state index is 0.0981. The number of rotatable bonds is 8. The van der Waals surface area contributed by atoms with Crippen molar-refractivity contribution >= 4 is 60.2 Å².